The summed E-state index contributed by atoms with van der Waals surface area (Å²) < 4.78 is 5.17. The number of esters is 1. The van der Waals surface area contributed by atoms with E-state index in [0.29, 0.717) is 30.4 Å². The minimum absolute atomic E-state index is 0.263. The molecule has 1 amide bonds. The number of amides is 1. The molecule has 4 rings (SSSR count). The Labute approximate surface area is 222 Å². The van der Waals surface area contributed by atoms with Crippen LogP contribution in [0, 0.1) is 17.2 Å². The topological polar surface area (TPSA) is 92.1 Å². The smallest absolute Gasteiger partial charge is 0.311 e. The van der Waals surface area contributed by atoms with Gasteiger partial charge >= 0.3 is 5.97 Å². The quantitative estimate of drug-likeness (QED) is 0.293. The molecule has 0 bridgehead atoms. The Kier molecular flexibility index (Phi) is 8.98. The largest absolute Gasteiger partial charge is 0.469 e. The molecule has 0 aliphatic carbocycles. The fourth-order valence-electron chi connectivity index (χ4n) is 4.50. The minimum atomic E-state index is -0.628. The Balaban J connectivity index is 1.58. The summed E-state index contributed by atoms with van der Waals surface area (Å²) >= 11 is 0. The van der Waals surface area contributed by atoms with Gasteiger partial charge < -0.3 is 10.1 Å². The number of aryl methyl sites for hydroxylation is 1. The zero-order valence-electron chi connectivity index (χ0n) is 21.2. The van der Waals surface area contributed by atoms with Crippen LogP contribution in [0.3, 0.4) is 0 Å². The molecule has 6 heteroatoms. The van der Waals surface area contributed by atoms with Gasteiger partial charge in [-0.1, -0.05) is 60.7 Å². The van der Waals surface area contributed by atoms with Crippen LogP contribution in [0.2, 0.25) is 0 Å². The van der Waals surface area contributed by atoms with Gasteiger partial charge in [0.2, 0.25) is 0 Å². The number of ether oxygens (including phenoxy) is 1. The Bertz CT molecular complexity index is 1400. The molecule has 0 aliphatic rings. The lowest BCUT2D eigenvalue weighted by atomic mass is 9.87. The molecule has 2 atom stereocenters. The maximum atomic E-state index is 13.4. The molecule has 0 aliphatic heterocycles. The number of methoxy groups -OCH3 is 1. The highest BCUT2D eigenvalue weighted by molar-refractivity contribution is 5.95. The minimum Gasteiger partial charge on any atom is -0.469 e. The molecule has 0 spiro atoms. The number of hydrogen-bond donors (Lipinski definition) is 1. The number of nitriles is 1. The fourth-order valence-corrected chi connectivity index (χ4v) is 4.50. The van der Waals surface area contributed by atoms with Crippen molar-refractivity contribution in [1.82, 2.24) is 10.3 Å². The summed E-state index contributed by atoms with van der Waals surface area (Å²) in [7, 11) is 1.36. The molecule has 0 radical (unpaired) electrons. The van der Waals surface area contributed by atoms with Gasteiger partial charge in [0, 0.05) is 24.0 Å². The van der Waals surface area contributed by atoms with E-state index in [9.17, 15) is 14.9 Å². The fraction of sp³-hybridized carbons (Fsp3) is 0.188. The molecule has 3 aromatic carbocycles. The monoisotopic (exact) mass is 503 g/mol. The van der Waals surface area contributed by atoms with E-state index < -0.39 is 17.9 Å². The van der Waals surface area contributed by atoms with Crippen LogP contribution in [0.5, 0.6) is 0 Å². The summed E-state index contributed by atoms with van der Waals surface area (Å²) in [5.74, 6) is -1.30. The van der Waals surface area contributed by atoms with Crippen LogP contribution in [0.4, 0.5) is 0 Å². The van der Waals surface area contributed by atoms with Crippen molar-refractivity contribution < 1.29 is 14.3 Å². The number of carbonyl (C=O) groups is 2. The van der Waals surface area contributed by atoms with Gasteiger partial charge in [0.1, 0.15) is 0 Å². The van der Waals surface area contributed by atoms with Crippen LogP contribution < -0.4 is 5.32 Å². The predicted molar refractivity (Wildman–Crippen MR) is 146 cm³/mol. The number of pyridine rings is 1. The zero-order chi connectivity index (χ0) is 26.7. The average molecular weight is 504 g/mol. The number of carbonyl (C=O) groups excluding carboxylic acids is 2. The number of aromatic nitrogens is 1. The molecule has 0 fully saturated rings. The van der Waals surface area contributed by atoms with Gasteiger partial charge in [0.15, 0.2) is 0 Å². The molecule has 190 valence electrons. The van der Waals surface area contributed by atoms with Crippen molar-refractivity contribution in [2.24, 2.45) is 5.92 Å². The van der Waals surface area contributed by atoms with Gasteiger partial charge in [-0.05, 0) is 71.8 Å². The van der Waals surface area contributed by atoms with Gasteiger partial charge in [-0.25, -0.2) is 0 Å². The molecule has 0 saturated carbocycles. The lowest BCUT2D eigenvalue weighted by Gasteiger charge is -2.27. The molecular formula is C32H29N3O3. The van der Waals surface area contributed by atoms with E-state index in [1.165, 1.54) is 7.11 Å². The number of rotatable bonds is 10. The second-order valence-electron chi connectivity index (χ2n) is 9.07. The molecule has 38 heavy (non-hydrogen) atoms. The van der Waals surface area contributed by atoms with Crippen molar-refractivity contribution in [3.63, 3.8) is 0 Å². The van der Waals surface area contributed by atoms with Crippen molar-refractivity contribution in [3.05, 3.63) is 126 Å². The third-order valence-corrected chi connectivity index (χ3v) is 6.55. The predicted octanol–water partition coefficient (Wildman–Crippen LogP) is 5.38. The van der Waals surface area contributed by atoms with E-state index in [1.54, 1.807) is 42.7 Å². The summed E-state index contributed by atoms with van der Waals surface area (Å²) in [6.45, 7) is 0. The standard InChI is InChI=1S/C32H29N3O3/c1-38-32(37)29(20-24-9-5-10-25(19-24)21-33)30(17-12-23-7-3-2-4-8-23)35-31(36)27-15-13-26(14-16-27)28-11-6-18-34-22-28/h2-11,13-16,18-19,22,29-30H,12,17,20H2,1H3,(H,35,36)/t29?,30-/m1/s1. The first-order chi connectivity index (χ1) is 18.6. The van der Waals surface area contributed by atoms with E-state index in [-0.39, 0.29) is 5.91 Å². The van der Waals surface area contributed by atoms with E-state index >= 15 is 0 Å². The maximum absolute atomic E-state index is 13.4. The second kappa shape index (κ2) is 13.0. The van der Waals surface area contributed by atoms with Gasteiger partial charge in [-0.3, -0.25) is 14.6 Å². The number of benzene rings is 3. The summed E-state index contributed by atoms with van der Waals surface area (Å²) in [4.78, 5) is 30.5. The van der Waals surface area contributed by atoms with Crippen LogP contribution in [-0.4, -0.2) is 30.0 Å². The van der Waals surface area contributed by atoms with Gasteiger partial charge in [0.05, 0.1) is 24.7 Å². The lowest BCUT2D eigenvalue weighted by molar-refractivity contribution is -0.146. The van der Waals surface area contributed by atoms with Gasteiger partial charge in [-0.2, -0.15) is 5.26 Å². The molecule has 4 aromatic rings. The summed E-state index contributed by atoms with van der Waals surface area (Å²) in [5.41, 5.74) is 4.88. The molecule has 6 nitrogen and oxygen atoms in total. The highest BCUT2D eigenvalue weighted by atomic mass is 16.5. The third kappa shape index (κ3) is 6.92. The normalized spacial score (nSPS) is 12.1. The zero-order valence-corrected chi connectivity index (χ0v) is 21.2. The summed E-state index contributed by atoms with van der Waals surface area (Å²) in [6.07, 6.45) is 5.05. The average Bonchev–Trinajstić information content (AvgIpc) is 2.98. The van der Waals surface area contributed by atoms with Crippen LogP contribution in [0.1, 0.15) is 33.5 Å². The SMILES string of the molecule is COC(=O)C(Cc1cccc(C#N)c1)[C@@H](CCc1ccccc1)NC(=O)c1ccc(-c2cccnc2)cc1. The maximum Gasteiger partial charge on any atom is 0.311 e. The van der Waals surface area contributed by atoms with Crippen molar-refractivity contribution >= 4 is 11.9 Å². The Hall–Kier alpha value is -4.76. The Morgan fingerprint density at radius 2 is 1.68 bits per heavy atom. The first-order valence-electron chi connectivity index (χ1n) is 12.5. The highest BCUT2D eigenvalue weighted by Crippen LogP contribution is 2.22. The molecule has 1 heterocycles. The van der Waals surface area contributed by atoms with Crippen LogP contribution in [0.15, 0.2) is 103 Å². The first kappa shape index (κ1) is 26.3. The van der Waals surface area contributed by atoms with Crippen LogP contribution in [-0.2, 0) is 22.4 Å². The number of hydrogen-bond acceptors (Lipinski definition) is 5. The molecular weight excluding hydrogens is 474 g/mol. The van der Waals surface area contributed by atoms with E-state index in [0.717, 1.165) is 22.3 Å². The number of nitrogens with one attached hydrogen (secondary N) is 1. The molecule has 0 saturated heterocycles. The molecule has 1 unspecified atom stereocenters. The van der Waals surface area contributed by atoms with Gasteiger partial charge in [0.25, 0.3) is 5.91 Å². The second-order valence-corrected chi connectivity index (χ2v) is 9.07. The first-order valence-corrected chi connectivity index (χ1v) is 12.5. The van der Waals surface area contributed by atoms with Crippen LogP contribution >= 0.6 is 0 Å². The van der Waals surface area contributed by atoms with E-state index in [1.807, 2.05) is 60.7 Å². The lowest BCUT2D eigenvalue weighted by Crippen LogP contribution is -2.45. The van der Waals surface area contributed by atoms with E-state index in [2.05, 4.69) is 16.4 Å². The number of nitrogens with zero attached hydrogens (tertiary/aromatic N) is 2. The highest BCUT2D eigenvalue weighted by Gasteiger charge is 2.31. The third-order valence-electron chi connectivity index (χ3n) is 6.55. The Morgan fingerprint density at radius 3 is 2.37 bits per heavy atom. The molecule has 1 aromatic heterocycles. The van der Waals surface area contributed by atoms with Crippen LogP contribution in [0.25, 0.3) is 11.1 Å². The van der Waals surface area contributed by atoms with Crippen molar-refractivity contribution in [3.8, 4) is 17.2 Å². The van der Waals surface area contributed by atoms with Gasteiger partial charge in [-0.15, -0.1) is 0 Å². The Morgan fingerprint density at radius 1 is 0.921 bits per heavy atom. The summed E-state index contributed by atoms with van der Waals surface area (Å²) in [5, 5.41) is 12.4. The van der Waals surface area contributed by atoms with Crippen molar-refractivity contribution in [2.75, 3.05) is 7.11 Å². The van der Waals surface area contributed by atoms with Crippen molar-refractivity contribution in [1.29, 1.82) is 5.26 Å². The summed E-state index contributed by atoms with van der Waals surface area (Å²) in [6, 6.07) is 29.9. The van der Waals surface area contributed by atoms with E-state index in [4.69, 9.17) is 4.74 Å². The molecule has 1 N–H and O–H groups in total. The van der Waals surface area contributed by atoms with Crippen molar-refractivity contribution in [2.45, 2.75) is 25.3 Å².